The number of benzene rings is 4. The molecule has 5 aromatic rings. The van der Waals surface area contributed by atoms with Crippen molar-refractivity contribution < 1.29 is 29.2 Å². The number of aliphatic hydroxyl groups is 1. The number of aliphatic carboxylic acids is 1. The molecule has 1 fully saturated rings. The molecule has 0 saturated carbocycles. The molecule has 290 valence electrons. The first kappa shape index (κ1) is 40.2. The number of carbonyl (C=O) groups is 1. The Balaban J connectivity index is 1.17. The average Bonchev–Trinajstić information content (AvgIpc) is 3.63. The van der Waals surface area contributed by atoms with Gasteiger partial charge in [-0.1, -0.05) is 72.3 Å². The van der Waals surface area contributed by atoms with Gasteiger partial charge in [-0.2, -0.15) is 5.26 Å². The van der Waals surface area contributed by atoms with Gasteiger partial charge in [-0.15, -0.1) is 0 Å². The van der Waals surface area contributed by atoms with Gasteiger partial charge in [0, 0.05) is 55.8 Å². The molecule has 1 aliphatic heterocycles. The third kappa shape index (κ3) is 10.6. The largest absolute Gasteiger partial charge is 0.493 e. The number of rotatable bonds is 18. The molecular formula is C45H47ClN4O6. The Labute approximate surface area is 333 Å². The molecule has 56 heavy (non-hydrogen) atoms. The van der Waals surface area contributed by atoms with Gasteiger partial charge in [-0.25, -0.2) is 0 Å². The van der Waals surface area contributed by atoms with Gasteiger partial charge >= 0.3 is 5.97 Å². The number of pyridine rings is 1. The van der Waals surface area contributed by atoms with Gasteiger partial charge in [0.15, 0.2) is 0 Å². The molecule has 0 radical (unpaired) electrons. The van der Waals surface area contributed by atoms with Crippen LogP contribution in [0.15, 0.2) is 97.3 Å². The van der Waals surface area contributed by atoms with Crippen molar-refractivity contribution >= 4 is 17.6 Å². The molecule has 10 nitrogen and oxygen atoms in total. The van der Waals surface area contributed by atoms with E-state index in [0.717, 1.165) is 71.6 Å². The number of nitriles is 1. The average molecular weight is 775 g/mol. The molecule has 0 spiro atoms. The maximum absolute atomic E-state index is 12.2. The van der Waals surface area contributed by atoms with Crippen LogP contribution < -0.4 is 19.5 Å². The number of likely N-dealkylation sites (tertiary alicyclic amines) is 1. The second kappa shape index (κ2) is 19.4. The Kier molecular flexibility index (Phi) is 14.0. The second-order valence-electron chi connectivity index (χ2n) is 14.1. The minimum absolute atomic E-state index is 0.120. The lowest BCUT2D eigenvalue weighted by atomic mass is 9.93. The fraction of sp³-hybridized carbons (Fsp3) is 0.311. The van der Waals surface area contributed by atoms with Gasteiger partial charge in [0.05, 0.1) is 23.3 Å². The lowest BCUT2D eigenvalue weighted by Gasteiger charge is -2.19. The Morgan fingerprint density at radius 2 is 1.68 bits per heavy atom. The van der Waals surface area contributed by atoms with Crippen LogP contribution in [-0.4, -0.2) is 64.5 Å². The van der Waals surface area contributed by atoms with E-state index in [4.69, 9.17) is 25.8 Å². The van der Waals surface area contributed by atoms with Crippen LogP contribution in [-0.2, 0) is 31.0 Å². The first-order valence-corrected chi connectivity index (χ1v) is 19.2. The van der Waals surface area contributed by atoms with E-state index in [-0.39, 0.29) is 25.9 Å². The van der Waals surface area contributed by atoms with Gasteiger partial charge < -0.3 is 29.3 Å². The van der Waals surface area contributed by atoms with Crippen molar-refractivity contribution in [1.82, 2.24) is 15.2 Å². The number of nitrogens with one attached hydrogen (secondary N) is 1. The molecule has 0 bridgehead atoms. The van der Waals surface area contributed by atoms with Crippen LogP contribution in [0.4, 0.5) is 0 Å². The summed E-state index contributed by atoms with van der Waals surface area (Å²) < 4.78 is 18.9. The number of halogens is 1. The zero-order valence-corrected chi connectivity index (χ0v) is 32.5. The summed E-state index contributed by atoms with van der Waals surface area (Å²) in [4.78, 5) is 18.6. The topological polar surface area (TPSA) is 137 Å². The van der Waals surface area contributed by atoms with Gasteiger partial charge in [0.2, 0.25) is 0 Å². The van der Waals surface area contributed by atoms with E-state index in [1.807, 2.05) is 54.6 Å². The summed E-state index contributed by atoms with van der Waals surface area (Å²) in [5.41, 5.74) is 7.93. The van der Waals surface area contributed by atoms with Crippen molar-refractivity contribution in [2.75, 3.05) is 26.2 Å². The van der Waals surface area contributed by atoms with Crippen LogP contribution in [0.3, 0.4) is 0 Å². The third-order valence-corrected chi connectivity index (χ3v) is 10.4. The maximum atomic E-state index is 12.2. The zero-order valence-electron chi connectivity index (χ0n) is 31.7. The van der Waals surface area contributed by atoms with E-state index in [9.17, 15) is 20.3 Å². The first-order chi connectivity index (χ1) is 27.2. The van der Waals surface area contributed by atoms with Gasteiger partial charge in [0.1, 0.15) is 42.6 Å². The number of hydrogen-bond donors (Lipinski definition) is 3. The van der Waals surface area contributed by atoms with E-state index in [1.165, 1.54) is 6.20 Å². The van der Waals surface area contributed by atoms with Crippen molar-refractivity contribution in [3.05, 3.63) is 141 Å². The molecule has 6 rings (SSSR count). The Hall–Kier alpha value is -5.44. The fourth-order valence-electron chi connectivity index (χ4n) is 6.91. The minimum Gasteiger partial charge on any atom is -0.493 e. The highest BCUT2D eigenvalue weighted by Crippen LogP contribution is 2.36. The molecule has 2 heterocycles. The highest BCUT2D eigenvalue weighted by atomic mass is 35.5. The molecule has 1 aliphatic rings. The second-order valence-corrected chi connectivity index (χ2v) is 14.5. The van der Waals surface area contributed by atoms with Crippen LogP contribution >= 0.6 is 11.6 Å². The van der Waals surface area contributed by atoms with Crippen molar-refractivity contribution in [1.29, 1.82) is 5.26 Å². The number of aliphatic hydroxyl groups excluding tert-OH is 1. The van der Waals surface area contributed by atoms with Crippen LogP contribution in [0.5, 0.6) is 17.2 Å². The van der Waals surface area contributed by atoms with Crippen molar-refractivity contribution in [2.24, 2.45) is 0 Å². The third-order valence-electron chi connectivity index (χ3n) is 10.1. The Bertz CT molecular complexity index is 2160. The number of β-amino-alcohol motifs (C(OH)–C–C–N with tert-alkyl or cyclic N) is 1. The fourth-order valence-corrected chi connectivity index (χ4v) is 7.15. The monoisotopic (exact) mass is 774 g/mol. The van der Waals surface area contributed by atoms with Crippen molar-refractivity contribution in [2.45, 2.75) is 65.0 Å². The van der Waals surface area contributed by atoms with Crippen LogP contribution in [0.2, 0.25) is 5.02 Å². The predicted molar refractivity (Wildman–Crippen MR) is 216 cm³/mol. The van der Waals surface area contributed by atoms with Gasteiger partial charge in [0.25, 0.3) is 0 Å². The number of carboxylic acids is 1. The highest BCUT2D eigenvalue weighted by molar-refractivity contribution is 6.32. The predicted octanol–water partition coefficient (Wildman–Crippen LogP) is 7.67. The van der Waals surface area contributed by atoms with Gasteiger partial charge in [-0.05, 0) is 84.7 Å². The molecular weight excluding hydrogens is 728 g/mol. The standard InChI is InChI=1S/C45H47ClN4O6/c1-30-35(11-6-12-38(30)39-13-7-14-42(31(39)2)54-18-8-16-50-17-15-37(51)27-50)29-56-44-22-43(55-28-34-19-33(23-47)24-48-25-34)36(21-40(44)46)26-49-41(45(52)53)20-32-9-4-3-5-10-32/h3-7,9-14,19,21-22,24-25,37,41,49,51H,8,15-18,20,26-29H2,1-2H3,(H,52,53)/t37-,41+/m1/s1. The normalized spacial score (nSPS) is 14.6. The minimum atomic E-state index is -0.969. The SMILES string of the molecule is Cc1c(COc2cc(OCc3cncc(C#N)c3)c(CN[C@@H](Cc3ccccc3)C(=O)O)cc2Cl)cccc1-c1cccc(OCCCN2CC[C@@H](O)C2)c1C. The summed E-state index contributed by atoms with van der Waals surface area (Å²) in [6, 6.07) is 28.1. The van der Waals surface area contributed by atoms with E-state index in [2.05, 4.69) is 47.3 Å². The summed E-state index contributed by atoms with van der Waals surface area (Å²) in [7, 11) is 0. The van der Waals surface area contributed by atoms with E-state index >= 15 is 0 Å². The molecule has 1 aromatic heterocycles. The molecule has 4 aromatic carbocycles. The van der Waals surface area contributed by atoms with Gasteiger partial charge in [-0.3, -0.25) is 15.1 Å². The molecule has 11 heteroatoms. The zero-order chi connectivity index (χ0) is 39.4. The summed E-state index contributed by atoms with van der Waals surface area (Å²) in [5.74, 6) is 0.750. The smallest absolute Gasteiger partial charge is 0.321 e. The van der Waals surface area contributed by atoms with Crippen molar-refractivity contribution in [3.8, 4) is 34.4 Å². The number of nitrogens with zero attached hydrogens (tertiary/aromatic N) is 3. The Morgan fingerprint density at radius 1 is 0.911 bits per heavy atom. The van der Waals surface area contributed by atoms with E-state index in [0.29, 0.717) is 46.2 Å². The molecule has 0 aliphatic carbocycles. The summed E-state index contributed by atoms with van der Waals surface area (Å²) in [6.45, 7) is 7.85. The van der Waals surface area contributed by atoms with Crippen LogP contribution in [0, 0.1) is 25.2 Å². The summed E-state index contributed by atoms with van der Waals surface area (Å²) >= 11 is 6.83. The van der Waals surface area contributed by atoms with Crippen molar-refractivity contribution in [3.63, 3.8) is 0 Å². The lowest BCUT2D eigenvalue weighted by molar-refractivity contribution is -0.139. The Morgan fingerprint density at radius 3 is 2.43 bits per heavy atom. The lowest BCUT2D eigenvalue weighted by Crippen LogP contribution is -2.38. The number of hydrogen-bond acceptors (Lipinski definition) is 9. The molecule has 2 atom stereocenters. The molecule has 1 saturated heterocycles. The summed E-state index contributed by atoms with van der Waals surface area (Å²) in [6.07, 6.45) is 4.92. The highest BCUT2D eigenvalue weighted by Gasteiger charge is 2.21. The maximum Gasteiger partial charge on any atom is 0.321 e. The van der Waals surface area contributed by atoms with E-state index < -0.39 is 12.0 Å². The quantitative estimate of drug-likeness (QED) is 0.0761. The molecule has 0 unspecified atom stereocenters. The number of ether oxygens (including phenoxy) is 3. The first-order valence-electron chi connectivity index (χ1n) is 18.8. The molecule has 0 amide bonds. The number of aromatic nitrogens is 1. The number of carboxylic acid groups (broad SMARTS) is 1. The van der Waals surface area contributed by atoms with E-state index in [1.54, 1.807) is 24.4 Å². The van der Waals surface area contributed by atoms with Crippen LogP contribution in [0.25, 0.3) is 11.1 Å². The molecule has 3 N–H and O–H groups in total. The van der Waals surface area contributed by atoms with Crippen LogP contribution in [0.1, 0.15) is 51.8 Å². The summed E-state index contributed by atoms with van der Waals surface area (Å²) in [5, 5.41) is 32.7.